The zero-order valence-electron chi connectivity index (χ0n) is 10.7. The van der Waals surface area contributed by atoms with Crippen LogP contribution >= 0.6 is 11.6 Å². The zero-order chi connectivity index (χ0) is 14.3. The van der Waals surface area contributed by atoms with Crippen molar-refractivity contribution in [2.24, 2.45) is 5.92 Å². The molecule has 2 heterocycles. The highest BCUT2D eigenvalue weighted by molar-refractivity contribution is 7.91. The SMILES string of the molecule is O=S1(=O)CCC(Cn2c(CCl)nc3c(F)cccc32)C1. The summed E-state index contributed by atoms with van der Waals surface area (Å²) in [4.78, 5) is 4.22. The maximum Gasteiger partial charge on any atom is 0.151 e. The van der Waals surface area contributed by atoms with E-state index in [9.17, 15) is 12.8 Å². The van der Waals surface area contributed by atoms with Crippen LogP contribution in [0.5, 0.6) is 0 Å². The molecule has 0 bridgehead atoms. The summed E-state index contributed by atoms with van der Waals surface area (Å²) in [6.07, 6.45) is 0.638. The van der Waals surface area contributed by atoms with Crippen molar-refractivity contribution in [2.75, 3.05) is 11.5 Å². The lowest BCUT2D eigenvalue weighted by molar-refractivity contribution is 0.490. The van der Waals surface area contributed by atoms with Gasteiger partial charge in [0.15, 0.2) is 15.7 Å². The number of rotatable bonds is 3. The van der Waals surface area contributed by atoms with Crippen molar-refractivity contribution in [3.05, 3.63) is 29.8 Å². The van der Waals surface area contributed by atoms with E-state index < -0.39 is 9.84 Å². The summed E-state index contributed by atoms with van der Waals surface area (Å²) in [7, 11) is -2.92. The van der Waals surface area contributed by atoms with E-state index in [2.05, 4.69) is 4.98 Å². The number of sulfone groups is 1. The van der Waals surface area contributed by atoms with Crippen LogP contribution in [0.3, 0.4) is 0 Å². The molecule has 0 spiro atoms. The summed E-state index contributed by atoms with van der Waals surface area (Å²) < 4.78 is 38.6. The summed E-state index contributed by atoms with van der Waals surface area (Å²) in [5.74, 6) is 0.831. The van der Waals surface area contributed by atoms with E-state index >= 15 is 0 Å². The fraction of sp³-hybridized carbons (Fsp3) is 0.462. The van der Waals surface area contributed by atoms with Gasteiger partial charge < -0.3 is 4.57 Å². The number of alkyl halides is 1. The molecular weight excluding hydrogens is 303 g/mol. The Morgan fingerprint density at radius 3 is 2.90 bits per heavy atom. The van der Waals surface area contributed by atoms with Gasteiger partial charge >= 0.3 is 0 Å². The number of benzene rings is 1. The smallest absolute Gasteiger partial charge is 0.151 e. The van der Waals surface area contributed by atoms with Gasteiger partial charge in [-0.05, 0) is 24.5 Å². The molecule has 1 fully saturated rings. The molecule has 1 aromatic heterocycles. The number of hydrogen-bond donors (Lipinski definition) is 0. The van der Waals surface area contributed by atoms with Crippen LogP contribution in [0.25, 0.3) is 11.0 Å². The molecule has 1 saturated heterocycles. The first kappa shape index (κ1) is 13.8. The standard InChI is InChI=1S/C13H14ClFN2O2S/c14-6-12-16-13-10(15)2-1-3-11(13)17(12)7-9-4-5-20(18,19)8-9/h1-3,9H,4-8H2. The van der Waals surface area contributed by atoms with Crippen molar-refractivity contribution >= 4 is 32.5 Å². The summed E-state index contributed by atoms with van der Waals surface area (Å²) >= 11 is 5.87. The summed E-state index contributed by atoms with van der Waals surface area (Å²) in [6.45, 7) is 0.515. The van der Waals surface area contributed by atoms with Crippen LogP contribution in [0.2, 0.25) is 0 Å². The average Bonchev–Trinajstić information content (AvgIpc) is 2.92. The Hall–Kier alpha value is -1.14. The quantitative estimate of drug-likeness (QED) is 0.817. The zero-order valence-corrected chi connectivity index (χ0v) is 12.3. The maximum atomic E-state index is 13.7. The molecule has 1 aliphatic heterocycles. The van der Waals surface area contributed by atoms with Crippen molar-refractivity contribution in [3.63, 3.8) is 0 Å². The van der Waals surface area contributed by atoms with Crippen molar-refractivity contribution in [1.82, 2.24) is 9.55 Å². The molecular formula is C13H14ClFN2O2S. The van der Waals surface area contributed by atoms with E-state index in [-0.39, 0.29) is 29.1 Å². The number of halogens is 2. The molecule has 1 atom stereocenters. The highest BCUT2D eigenvalue weighted by Gasteiger charge is 2.29. The molecule has 7 heteroatoms. The molecule has 1 aliphatic rings. The van der Waals surface area contributed by atoms with Crippen molar-refractivity contribution in [1.29, 1.82) is 0 Å². The Balaban J connectivity index is 2.00. The van der Waals surface area contributed by atoms with Gasteiger partial charge in [0.25, 0.3) is 0 Å². The average molecular weight is 317 g/mol. The molecule has 108 valence electrons. The Morgan fingerprint density at radius 1 is 1.45 bits per heavy atom. The third-order valence-corrected chi connectivity index (χ3v) is 5.77. The fourth-order valence-corrected chi connectivity index (χ4v) is 4.79. The van der Waals surface area contributed by atoms with Crippen LogP contribution in [0.15, 0.2) is 18.2 Å². The lowest BCUT2D eigenvalue weighted by atomic mass is 10.1. The molecule has 2 aromatic rings. The Labute approximate surface area is 121 Å². The first-order valence-electron chi connectivity index (χ1n) is 6.40. The minimum absolute atomic E-state index is 0.0441. The molecule has 0 aliphatic carbocycles. The van der Waals surface area contributed by atoms with Gasteiger partial charge in [-0.1, -0.05) is 6.07 Å². The van der Waals surface area contributed by atoms with E-state index in [1.54, 1.807) is 12.1 Å². The molecule has 0 N–H and O–H groups in total. The third-order valence-electron chi connectivity index (χ3n) is 3.70. The van der Waals surface area contributed by atoms with Crippen LogP contribution in [-0.4, -0.2) is 29.5 Å². The van der Waals surface area contributed by atoms with Gasteiger partial charge in [0, 0.05) is 6.54 Å². The highest BCUT2D eigenvalue weighted by Crippen LogP contribution is 2.25. The second-order valence-corrected chi connectivity index (χ2v) is 7.64. The van der Waals surface area contributed by atoms with Crippen molar-refractivity contribution in [2.45, 2.75) is 18.8 Å². The molecule has 20 heavy (non-hydrogen) atoms. The number of para-hydroxylation sites is 1. The van der Waals surface area contributed by atoms with E-state index in [0.717, 1.165) is 0 Å². The lowest BCUT2D eigenvalue weighted by Gasteiger charge is -2.12. The predicted octanol–water partition coefficient (Wildman–Crippen LogP) is 2.35. The van der Waals surface area contributed by atoms with Crippen molar-refractivity contribution in [3.8, 4) is 0 Å². The van der Waals surface area contributed by atoms with Gasteiger partial charge in [-0.15, -0.1) is 11.6 Å². The summed E-state index contributed by atoms with van der Waals surface area (Å²) in [6, 6.07) is 4.77. The molecule has 1 unspecified atom stereocenters. The number of nitrogens with zero attached hydrogens (tertiary/aromatic N) is 2. The fourth-order valence-electron chi connectivity index (χ4n) is 2.74. The topological polar surface area (TPSA) is 52.0 Å². The lowest BCUT2D eigenvalue weighted by Crippen LogP contribution is -2.14. The van der Waals surface area contributed by atoms with Gasteiger partial charge in [-0.3, -0.25) is 0 Å². The van der Waals surface area contributed by atoms with Gasteiger partial charge in [0.05, 0.1) is 22.9 Å². The van der Waals surface area contributed by atoms with Gasteiger partial charge in [0.1, 0.15) is 11.3 Å². The first-order chi connectivity index (χ1) is 9.50. The largest absolute Gasteiger partial charge is 0.327 e. The Morgan fingerprint density at radius 2 is 2.25 bits per heavy atom. The van der Waals surface area contributed by atoms with E-state index in [4.69, 9.17) is 11.6 Å². The van der Waals surface area contributed by atoms with Gasteiger partial charge in [-0.2, -0.15) is 0 Å². The van der Waals surface area contributed by atoms with Gasteiger partial charge in [0.2, 0.25) is 0 Å². The first-order valence-corrected chi connectivity index (χ1v) is 8.76. The third kappa shape index (κ3) is 2.42. The van der Waals surface area contributed by atoms with Crippen LogP contribution in [0.4, 0.5) is 4.39 Å². The molecule has 0 amide bonds. The van der Waals surface area contributed by atoms with Crippen molar-refractivity contribution < 1.29 is 12.8 Å². The summed E-state index contributed by atoms with van der Waals surface area (Å²) in [5.41, 5.74) is 0.967. The molecule has 4 nitrogen and oxygen atoms in total. The highest BCUT2D eigenvalue weighted by atomic mass is 35.5. The second kappa shape index (κ2) is 5.00. The van der Waals surface area contributed by atoms with E-state index in [1.807, 2.05) is 4.57 Å². The molecule has 3 rings (SSSR count). The van der Waals surface area contributed by atoms with Crippen LogP contribution in [0.1, 0.15) is 12.2 Å². The number of aromatic nitrogens is 2. The molecule has 0 saturated carbocycles. The van der Waals surface area contributed by atoms with E-state index in [1.165, 1.54) is 6.07 Å². The predicted molar refractivity (Wildman–Crippen MR) is 76.0 cm³/mol. The molecule has 1 aromatic carbocycles. The minimum atomic E-state index is -2.92. The normalized spacial score (nSPS) is 21.6. The monoisotopic (exact) mass is 316 g/mol. The number of fused-ring (bicyclic) bond motifs is 1. The maximum absolute atomic E-state index is 13.7. The number of hydrogen-bond acceptors (Lipinski definition) is 3. The minimum Gasteiger partial charge on any atom is -0.327 e. The van der Waals surface area contributed by atoms with E-state index in [0.29, 0.717) is 29.8 Å². The van der Waals surface area contributed by atoms with Gasteiger partial charge in [-0.25, -0.2) is 17.8 Å². The Kier molecular flexibility index (Phi) is 3.46. The van der Waals surface area contributed by atoms with Crippen LogP contribution < -0.4 is 0 Å². The number of imidazole rings is 1. The Bertz CT molecular complexity index is 757. The molecule has 0 radical (unpaired) electrons. The van der Waals surface area contributed by atoms with Crippen LogP contribution in [0, 0.1) is 11.7 Å². The second-order valence-electron chi connectivity index (χ2n) is 5.15. The summed E-state index contributed by atoms with van der Waals surface area (Å²) in [5, 5.41) is 0. The van der Waals surface area contributed by atoms with Crippen LogP contribution in [-0.2, 0) is 22.3 Å².